The minimum Gasteiger partial charge on any atom is -0.497 e. The van der Waals surface area contributed by atoms with Crippen LogP contribution in [0.3, 0.4) is 0 Å². The highest BCUT2D eigenvalue weighted by molar-refractivity contribution is 6.07. The molecular formula is C22H33N3O3. The van der Waals surface area contributed by atoms with Crippen LogP contribution in [-0.4, -0.2) is 60.6 Å². The molecule has 2 fully saturated rings. The van der Waals surface area contributed by atoms with E-state index < -0.39 is 5.54 Å². The number of carbonyl (C=O) groups excluding carboxylic acids is 2. The molecule has 0 saturated carbocycles. The van der Waals surface area contributed by atoms with Crippen LogP contribution in [-0.2, 0) is 11.2 Å². The first-order valence-corrected chi connectivity index (χ1v) is 10.5. The number of hydrogen-bond donors (Lipinski definition) is 1. The molecule has 154 valence electrons. The van der Waals surface area contributed by atoms with Crippen LogP contribution < -0.4 is 10.1 Å². The van der Waals surface area contributed by atoms with Gasteiger partial charge in [0.25, 0.3) is 5.91 Å². The molecule has 2 heterocycles. The second-order valence-corrected chi connectivity index (χ2v) is 7.93. The summed E-state index contributed by atoms with van der Waals surface area (Å²) < 4.78 is 5.18. The Morgan fingerprint density at radius 3 is 2.36 bits per heavy atom. The normalized spacial score (nSPS) is 23.9. The number of ether oxygens (including phenoxy) is 1. The molecule has 0 unspecified atom stereocenters. The molecule has 2 aliphatic rings. The van der Waals surface area contributed by atoms with Gasteiger partial charge in [0.05, 0.1) is 7.11 Å². The molecule has 0 radical (unpaired) electrons. The van der Waals surface area contributed by atoms with Crippen molar-refractivity contribution in [3.05, 3.63) is 29.8 Å². The van der Waals surface area contributed by atoms with Crippen molar-refractivity contribution in [1.29, 1.82) is 0 Å². The molecule has 0 aliphatic carbocycles. The standard InChI is InChI=1S/C22H33N3O3/c1-4-13-24-14-11-18(12-15-24)22(5-2)20(26)25(21(27)23-22)16-10-17-6-8-19(28-3)9-7-17/h6-9,18H,4-5,10-16H2,1-3H3,(H,23,27)/t22-/m1/s1. The number of nitrogens with one attached hydrogen (secondary N) is 1. The van der Waals surface area contributed by atoms with Crippen LogP contribution in [0.25, 0.3) is 0 Å². The smallest absolute Gasteiger partial charge is 0.325 e. The summed E-state index contributed by atoms with van der Waals surface area (Å²) >= 11 is 0. The summed E-state index contributed by atoms with van der Waals surface area (Å²) in [6.07, 6.45) is 4.38. The SMILES string of the molecule is CCCN1CCC([C@@]2(CC)NC(=O)N(CCc3ccc(OC)cc3)C2=O)CC1. The zero-order valence-electron chi connectivity index (χ0n) is 17.4. The van der Waals surface area contributed by atoms with Crippen molar-refractivity contribution in [2.45, 2.75) is 51.5 Å². The van der Waals surface area contributed by atoms with E-state index in [9.17, 15) is 9.59 Å². The van der Waals surface area contributed by atoms with E-state index in [-0.39, 0.29) is 17.9 Å². The topological polar surface area (TPSA) is 61.9 Å². The van der Waals surface area contributed by atoms with E-state index in [1.54, 1.807) is 7.11 Å². The average molecular weight is 388 g/mol. The molecular weight excluding hydrogens is 354 g/mol. The van der Waals surface area contributed by atoms with E-state index in [1.165, 1.54) is 4.90 Å². The minimum absolute atomic E-state index is 0.0394. The van der Waals surface area contributed by atoms with E-state index in [1.807, 2.05) is 31.2 Å². The van der Waals surface area contributed by atoms with E-state index >= 15 is 0 Å². The Bertz CT molecular complexity index is 683. The lowest BCUT2D eigenvalue weighted by atomic mass is 9.75. The maximum absolute atomic E-state index is 13.3. The maximum atomic E-state index is 13.3. The van der Waals surface area contributed by atoms with Gasteiger partial charge in [-0.3, -0.25) is 9.69 Å². The Kier molecular flexibility index (Phi) is 6.60. The molecule has 2 aliphatic heterocycles. The highest BCUT2D eigenvalue weighted by atomic mass is 16.5. The molecule has 1 aromatic rings. The predicted octanol–water partition coefficient (Wildman–Crippen LogP) is 3.06. The molecule has 3 rings (SSSR count). The van der Waals surface area contributed by atoms with Crippen LogP contribution in [0.4, 0.5) is 4.79 Å². The number of imide groups is 1. The fourth-order valence-electron chi connectivity index (χ4n) is 4.65. The Morgan fingerprint density at radius 2 is 1.79 bits per heavy atom. The van der Waals surface area contributed by atoms with E-state index in [4.69, 9.17) is 4.74 Å². The Labute approximate surface area is 168 Å². The number of piperidine rings is 1. The number of carbonyl (C=O) groups is 2. The zero-order valence-corrected chi connectivity index (χ0v) is 17.4. The van der Waals surface area contributed by atoms with Gasteiger partial charge in [0.1, 0.15) is 11.3 Å². The van der Waals surface area contributed by atoms with Gasteiger partial charge in [0, 0.05) is 6.54 Å². The lowest BCUT2D eigenvalue weighted by Gasteiger charge is -2.40. The number of amides is 3. The molecule has 28 heavy (non-hydrogen) atoms. The van der Waals surface area contributed by atoms with Gasteiger partial charge in [0.2, 0.25) is 0 Å². The van der Waals surface area contributed by atoms with Gasteiger partial charge < -0.3 is 15.0 Å². The van der Waals surface area contributed by atoms with E-state index in [0.29, 0.717) is 19.4 Å². The third-order valence-electron chi connectivity index (χ3n) is 6.37. The number of likely N-dealkylation sites (tertiary alicyclic amines) is 1. The van der Waals surface area contributed by atoms with Crippen molar-refractivity contribution < 1.29 is 14.3 Å². The molecule has 1 atom stereocenters. The fraction of sp³-hybridized carbons (Fsp3) is 0.636. The van der Waals surface area contributed by atoms with Gasteiger partial charge >= 0.3 is 6.03 Å². The monoisotopic (exact) mass is 387 g/mol. The summed E-state index contributed by atoms with van der Waals surface area (Å²) in [5, 5.41) is 3.09. The van der Waals surface area contributed by atoms with Gasteiger partial charge in [-0.15, -0.1) is 0 Å². The highest BCUT2D eigenvalue weighted by Crippen LogP contribution is 2.36. The third kappa shape index (κ3) is 4.02. The highest BCUT2D eigenvalue weighted by Gasteiger charge is 2.54. The van der Waals surface area contributed by atoms with Crippen molar-refractivity contribution in [2.75, 3.05) is 33.3 Å². The van der Waals surface area contributed by atoms with Crippen molar-refractivity contribution >= 4 is 11.9 Å². The Morgan fingerprint density at radius 1 is 1.11 bits per heavy atom. The van der Waals surface area contributed by atoms with Gasteiger partial charge in [0.15, 0.2) is 0 Å². The van der Waals surface area contributed by atoms with Crippen molar-refractivity contribution in [3.8, 4) is 5.75 Å². The van der Waals surface area contributed by atoms with Gasteiger partial charge in [-0.05, 0) is 75.4 Å². The first-order valence-electron chi connectivity index (χ1n) is 10.5. The van der Waals surface area contributed by atoms with Gasteiger partial charge in [-0.2, -0.15) is 0 Å². The lowest BCUT2D eigenvalue weighted by molar-refractivity contribution is -0.134. The molecule has 6 nitrogen and oxygen atoms in total. The van der Waals surface area contributed by atoms with Crippen molar-refractivity contribution in [3.63, 3.8) is 0 Å². The maximum Gasteiger partial charge on any atom is 0.325 e. The molecule has 2 saturated heterocycles. The molecule has 1 N–H and O–H groups in total. The first-order chi connectivity index (χ1) is 13.5. The van der Waals surface area contributed by atoms with Gasteiger partial charge in [-0.1, -0.05) is 26.0 Å². The van der Waals surface area contributed by atoms with Crippen LogP contribution in [0.5, 0.6) is 5.75 Å². The van der Waals surface area contributed by atoms with Crippen LogP contribution in [0.2, 0.25) is 0 Å². The van der Waals surface area contributed by atoms with Crippen LogP contribution in [0.15, 0.2) is 24.3 Å². The zero-order chi connectivity index (χ0) is 20.1. The average Bonchev–Trinajstić information content (AvgIpc) is 2.98. The summed E-state index contributed by atoms with van der Waals surface area (Å²) in [7, 11) is 1.64. The molecule has 0 bridgehead atoms. The Hall–Kier alpha value is -2.08. The quantitative estimate of drug-likeness (QED) is 0.697. The number of benzene rings is 1. The van der Waals surface area contributed by atoms with Crippen molar-refractivity contribution in [1.82, 2.24) is 15.1 Å². The van der Waals surface area contributed by atoms with Crippen LogP contribution >= 0.6 is 0 Å². The van der Waals surface area contributed by atoms with Crippen LogP contribution in [0, 0.1) is 5.92 Å². The van der Waals surface area contributed by atoms with Gasteiger partial charge in [-0.25, -0.2) is 4.79 Å². The second kappa shape index (κ2) is 8.95. The molecule has 0 spiro atoms. The largest absolute Gasteiger partial charge is 0.497 e. The summed E-state index contributed by atoms with van der Waals surface area (Å²) in [6, 6.07) is 7.53. The first kappa shape index (κ1) is 20.6. The summed E-state index contributed by atoms with van der Waals surface area (Å²) in [6.45, 7) is 7.75. The van der Waals surface area contributed by atoms with Crippen molar-refractivity contribution in [2.24, 2.45) is 5.92 Å². The second-order valence-electron chi connectivity index (χ2n) is 7.93. The summed E-state index contributed by atoms with van der Waals surface area (Å²) in [5.74, 6) is 0.980. The number of urea groups is 1. The fourth-order valence-corrected chi connectivity index (χ4v) is 4.65. The van der Waals surface area contributed by atoms with E-state index in [2.05, 4.69) is 17.1 Å². The van der Waals surface area contributed by atoms with E-state index in [0.717, 1.165) is 50.2 Å². The number of hydrogen-bond acceptors (Lipinski definition) is 4. The lowest BCUT2D eigenvalue weighted by Crippen LogP contribution is -2.55. The Balaban J connectivity index is 1.65. The minimum atomic E-state index is -0.727. The molecule has 6 heteroatoms. The number of nitrogens with zero attached hydrogens (tertiary/aromatic N) is 2. The summed E-state index contributed by atoms with van der Waals surface area (Å²) in [4.78, 5) is 29.8. The number of methoxy groups -OCH3 is 1. The predicted molar refractivity (Wildman–Crippen MR) is 109 cm³/mol. The van der Waals surface area contributed by atoms with Crippen LogP contribution in [0.1, 0.15) is 45.1 Å². The molecule has 1 aromatic carbocycles. The molecule has 0 aromatic heterocycles. The third-order valence-corrected chi connectivity index (χ3v) is 6.37. The summed E-state index contributed by atoms with van der Waals surface area (Å²) in [5.41, 5.74) is 0.359. The number of rotatable bonds is 8. The molecule has 3 amide bonds.